The van der Waals surface area contributed by atoms with Crippen LogP contribution >= 0.6 is 0 Å². The lowest BCUT2D eigenvalue weighted by Crippen LogP contribution is -2.23. The molecular weight excluding hydrogens is 424 g/mol. The molecule has 4 aromatic rings. The topological polar surface area (TPSA) is 72.2 Å². The van der Waals surface area contributed by atoms with Gasteiger partial charge in [0.1, 0.15) is 0 Å². The van der Waals surface area contributed by atoms with E-state index in [9.17, 15) is 9.59 Å². The highest BCUT2D eigenvalue weighted by Crippen LogP contribution is 2.28. The van der Waals surface area contributed by atoms with Gasteiger partial charge in [0.25, 0.3) is 0 Å². The lowest BCUT2D eigenvalue weighted by molar-refractivity contribution is -0.117. The number of anilines is 1. The molecule has 1 amide bonds. The number of amides is 1. The highest BCUT2D eigenvalue weighted by atomic mass is 16.5. The van der Waals surface area contributed by atoms with E-state index in [1.54, 1.807) is 25.1 Å². The fraction of sp³-hybridized carbons (Fsp3) is 0.276. The van der Waals surface area contributed by atoms with Gasteiger partial charge >= 0.3 is 5.63 Å². The van der Waals surface area contributed by atoms with Crippen LogP contribution in [0.15, 0.2) is 76.0 Å². The number of aryl methyl sites for hydroxylation is 2. The number of hydrogen-bond donors (Lipinski definition) is 1. The van der Waals surface area contributed by atoms with Crippen LogP contribution in [-0.4, -0.2) is 11.1 Å². The lowest BCUT2D eigenvalue weighted by atomic mass is 9.84. The van der Waals surface area contributed by atoms with Gasteiger partial charge in [0, 0.05) is 11.1 Å². The first-order valence-electron chi connectivity index (χ1n) is 11.5. The number of nitrogens with zero attached hydrogens (tertiary/aromatic N) is 1. The number of benzene rings is 3. The van der Waals surface area contributed by atoms with Gasteiger partial charge in [-0.3, -0.25) is 4.79 Å². The summed E-state index contributed by atoms with van der Waals surface area (Å²) in [5, 5.41) is 7.97. The Labute approximate surface area is 199 Å². The van der Waals surface area contributed by atoms with Crippen LogP contribution in [0.1, 0.15) is 54.6 Å². The van der Waals surface area contributed by atoms with Crippen LogP contribution in [-0.2, 0) is 16.6 Å². The number of aromatic nitrogens is 1. The molecule has 5 heteroatoms. The Kier molecular flexibility index (Phi) is 6.38. The number of carbonyl (C=O) groups is 1. The smallest absolute Gasteiger partial charge is 0.326 e. The molecule has 3 aromatic carbocycles. The van der Waals surface area contributed by atoms with Gasteiger partial charge in [0.2, 0.25) is 5.91 Å². The molecule has 1 unspecified atom stereocenters. The number of hydrogen-bond acceptors (Lipinski definition) is 4. The molecule has 0 bridgehead atoms. The van der Waals surface area contributed by atoms with Gasteiger partial charge in [-0.05, 0) is 60.6 Å². The highest BCUT2D eigenvalue weighted by molar-refractivity contribution is 5.98. The summed E-state index contributed by atoms with van der Waals surface area (Å²) in [6, 6.07) is 21.7. The van der Waals surface area contributed by atoms with E-state index < -0.39 is 5.63 Å². The minimum atomic E-state index is -0.491. The summed E-state index contributed by atoms with van der Waals surface area (Å²) in [5.41, 5.74) is 5.22. The van der Waals surface area contributed by atoms with Crippen molar-refractivity contribution in [2.45, 2.75) is 52.4 Å². The van der Waals surface area contributed by atoms with Gasteiger partial charge in [-0.25, -0.2) is 4.79 Å². The van der Waals surface area contributed by atoms with Crippen LogP contribution in [0, 0.1) is 13.8 Å². The second-order valence-corrected chi connectivity index (χ2v) is 9.92. The van der Waals surface area contributed by atoms with Crippen molar-refractivity contribution in [2.24, 2.45) is 0 Å². The summed E-state index contributed by atoms with van der Waals surface area (Å²) in [7, 11) is 0. The van der Waals surface area contributed by atoms with E-state index in [1.807, 2.05) is 6.07 Å². The fourth-order valence-corrected chi connectivity index (χ4v) is 4.19. The van der Waals surface area contributed by atoms with Gasteiger partial charge in [-0.2, -0.15) is 0 Å². The Balaban J connectivity index is 1.68. The van der Waals surface area contributed by atoms with Crippen molar-refractivity contribution in [1.82, 2.24) is 5.16 Å². The van der Waals surface area contributed by atoms with Crippen molar-refractivity contribution in [3.63, 3.8) is 0 Å². The van der Waals surface area contributed by atoms with Crippen LogP contribution in [0.5, 0.6) is 0 Å². The molecule has 0 aliphatic carbocycles. The minimum absolute atomic E-state index is 0.0382. The largest absolute Gasteiger partial charge is 0.366 e. The van der Waals surface area contributed by atoms with Crippen molar-refractivity contribution in [2.75, 3.05) is 5.32 Å². The molecule has 34 heavy (non-hydrogen) atoms. The number of fused-ring (bicyclic) bond motifs is 1. The monoisotopic (exact) mass is 454 g/mol. The Morgan fingerprint density at radius 2 is 1.71 bits per heavy atom. The molecule has 0 aliphatic rings. The maximum absolute atomic E-state index is 13.6. The normalized spacial score (nSPS) is 12.5. The molecular formula is C29H30N2O3. The lowest BCUT2D eigenvalue weighted by Gasteiger charge is -2.22. The fourth-order valence-electron chi connectivity index (χ4n) is 4.19. The predicted octanol–water partition coefficient (Wildman–Crippen LogP) is 6.07. The van der Waals surface area contributed by atoms with Gasteiger partial charge in [0.05, 0.1) is 17.0 Å². The molecule has 0 aliphatic heterocycles. The molecule has 4 rings (SSSR count). The highest BCUT2D eigenvalue weighted by Gasteiger charge is 2.23. The van der Waals surface area contributed by atoms with Crippen molar-refractivity contribution in [1.29, 1.82) is 0 Å². The van der Waals surface area contributed by atoms with Gasteiger partial charge in [0.15, 0.2) is 0 Å². The number of carbonyl (C=O) groups excluding carboxylic acids is 1. The Bertz CT molecular complexity index is 1400. The summed E-state index contributed by atoms with van der Waals surface area (Å²) in [5.74, 6) is -0.468. The van der Waals surface area contributed by atoms with E-state index >= 15 is 0 Å². The standard InChI is InChI=1S/C29H30N2O3/c1-18-7-6-8-20(15-18)16-26(21-9-11-22(12-10-21)29(3,4)5)27(32)30-23-13-14-24-25(17-23)19(2)31-34-28(24)33/h6-15,17,26H,16H2,1-5H3,(H,30,32). The molecule has 0 radical (unpaired) electrons. The molecule has 0 spiro atoms. The van der Waals surface area contributed by atoms with Crippen molar-refractivity contribution < 1.29 is 9.32 Å². The quantitative estimate of drug-likeness (QED) is 0.397. The third-order valence-corrected chi connectivity index (χ3v) is 6.18. The third-order valence-electron chi connectivity index (χ3n) is 6.18. The second kappa shape index (κ2) is 9.26. The van der Waals surface area contributed by atoms with E-state index in [1.165, 1.54) is 5.56 Å². The molecule has 1 heterocycles. The molecule has 1 aromatic heterocycles. The SMILES string of the molecule is Cc1cccc(CC(C(=O)Nc2ccc3c(=O)onc(C)c3c2)c2ccc(C(C)(C)C)cc2)c1. The maximum Gasteiger partial charge on any atom is 0.366 e. The second-order valence-electron chi connectivity index (χ2n) is 9.92. The van der Waals surface area contributed by atoms with Crippen LogP contribution in [0.4, 0.5) is 5.69 Å². The summed E-state index contributed by atoms with van der Waals surface area (Å²) in [6.07, 6.45) is 0.583. The zero-order valence-electron chi connectivity index (χ0n) is 20.3. The summed E-state index contributed by atoms with van der Waals surface area (Å²) < 4.78 is 4.80. The first-order valence-corrected chi connectivity index (χ1v) is 11.5. The Morgan fingerprint density at radius 3 is 2.38 bits per heavy atom. The van der Waals surface area contributed by atoms with E-state index in [0.717, 1.165) is 16.7 Å². The van der Waals surface area contributed by atoms with E-state index in [0.29, 0.717) is 28.6 Å². The molecule has 1 N–H and O–H groups in total. The average Bonchev–Trinajstić information content (AvgIpc) is 2.79. The van der Waals surface area contributed by atoms with E-state index in [2.05, 4.69) is 80.6 Å². The van der Waals surface area contributed by atoms with Crippen LogP contribution < -0.4 is 10.9 Å². The van der Waals surface area contributed by atoms with Gasteiger partial charge in [-0.1, -0.05) is 80.0 Å². The maximum atomic E-state index is 13.6. The molecule has 174 valence electrons. The molecule has 5 nitrogen and oxygen atoms in total. The van der Waals surface area contributed by atoms with Gasteiger partial charge < -0.3 is 9.84 Å². The van der Waals surface area contributed by atoms with Crippen molar-refractivity contribution in [3.05, 3.63) is 105 Å². The summed E-state index contributed by atoms with van der Waals surface area (Å²) in [6.45, 7) is 10.4. The predicted molar refractivity (Wildman–Crippen MR) is 136 cm³/mol. The minimum Gasteiger partial charge on any atom is -0.326 e. The Morgan fingerprint density at radius 1 is 0.971 bits per heavy atom. The number of nitrogens with one attached hydrogen (secondary N) is 1. The van der Waals surface area contributed by atoms with E-state index in [4.69, 9.17) is 4.52 Å². The third kappa shape index (κ3) is 5.09. The van der Waals surface area contributed by atoms with Crippen LogP contribution in [0.2, 0.25) is 0 Å². The summed E-state index contributed by atoms with van der Waals surface area (Å²) in [4.78, 5) is 25.5. The molecule has 0 saturated heterocycles. The Hall–Kier alpha value is -3.73. The average molecular weight is 455 g/mol. The van der Waals surface area contributed by atoms with E-state index in [-0.39, 0.29) is 17.2 Å². The summed E-state index contributed by atoms with van der Waals surface area (Å²) >= 11 is 0. The first kappa shape index (κ1) is 23.4. The zero-order chi connectivity index (χ0) is 24.5. The van der Waals surface area contributed by atoms with Crippen molar-refractivity contribution >= 4 is 22.4 Å². The van der Waals surface area contributed by atoms with Crippen LogP contribution in [0.25, 0.3) is 10.8 Å². The van der Waals surface area contributed by atoms with Gasteiger partial charge in [-0.15, -0.1) is 0 Å². The molecule has 0 saturated carbocycles. The number of rotatable bonds is 5. The molecule has 1 atom stereocenters. The van der Waals surface area contributed by atoms with Crippen LogP contribution in [0.3, 0.4) is 0 Å². The zero-order valence-corrected chi connectivity index (χ0v) is 20.3. The van der Waals surface area contributed by atoms with Crippen molar-refractivity contribution in [3.8, 4) is 0 Å². The molecule has 0 fully saturated rings. The first-order chi connectivity index (χ1) is 16.1.